The minimum Gasteiger partial charge on any atom is -0.508 e. The molecule has 5 unspecified atom stereocenters. The third-order valence-corrected chi connectivity index (χ3v) is 13.6. The van der Waals surface area contributed by atoms with Gasteiger partial charge in [-0.05, 0) is 83.8 Å². The number of nitrogens with one attached hydrogen (secondary N) is 2. The van der Waals surface area contributed by atoms with Gasteiger partial charge in [-0.1, -0.05) is 110 Å². The van der Waals surface area contributed by atoms with Crippen LogP contribution in [0.4, 0.5) is 5.82 Å². The van der Waals surface area contributed by atoms with Crippen molar-refractivity contribution in [2.75, 3.05) is 44.9 Å². The van der Waals surface area contributed by atoms with Crippen LogP contribution in [0.25, 0.3) is 39.5 Å². The molecule has 11 nitrogen and oxygen atoms in total. The van der Waals surface area contributed by atoms with E-state index in [1.165, 1.54) is 18.7 Å². The van der Waals surface area contributed by atoms with Crippen molar-refractivity contribution in [2.45, 2.75) is 63.1 Å². The van der Waals surface area contributed by atoms with E-state index in [2.05, 4.69) is 88.6 Å². The molecule has 7 aromatic rings. The van der Waals surface area contributed by atoms with Crippen molar-refractivity contribution in [3.8, 4) is 57.3 Å². The van der Waals surface area contributed by atoms with Crippen molar-refractivity contribution in [1.29, 1.82) is 0 Å². The number of hydrogen-bond acceptors (Lipinski definition) is 10. The number of methoxy groups -OCH3 is 1. The largest absolute Gasteiger partial charge is 0.508 e. The van der Waals surface area contributed by atoms with Gasteiger partial charge in [0.25, 0.3) is 0 Å². The Kier molecular flexibility index (Phi) is 13.3. The number of H-pyrrole nitrogens is 1. The van der Waals surface area contributed by atoms with Crippen LogP contribution in [0.3, 0.4) is 0 Å². The molecule has 0 amide bonds. The molecule has 8 bridgehead atoms. The van der Waals surface area contributed by atoms with Crippen LogP contribution in [0.5, 0.6) is 23.0 Å². The summed E-state index contributed by atoms with van der Waals surface area (Å²) in [6.07, 6.45) is 5.45. The van der Waals surface area contributed by atoms with Gasteiger partial charge in [-0.3, -0.25) is 4.79 Å². The summed E-state index contributed by atoms with van der Waals surface area (Å²) in [6, 6.07) is 36.8. The van der Waals surface area contributed by atoms with E-state index in [0.29, 0.717) is 30.5 Å². The Morgan fingerprint density at radius 1 is 0.884 bits per heavy atom. The maximum atomic E-state index is 14.9. The normalized spacial score (nSPS) is 19.2. The van der Waals surface area contributed by atoms with Crippen LogP contribution in [0, 0.1) is 17.8 Å². The van der Waals surface area contributed by atoms with E-state index in [-0.39, 0.29) is 89.4 Å². The van der Waals surface area contributed by atoms with Crippen molar-refractivity contribution in [3.63, 3.8) is 0 Å². The summed E-state index contributed by atoms with van der Waals surface area (Å²) in [5, 5.41) is 36.2. The summed E-state index contributed by atoms with van der Waals surface area (Å²) in [7, 11) is 1.52. The number of anilines is 1. The molecular weight excluding hydrogens is 867 g/mol. The number of ether oxygens (including phenoxy) is 3. The first-order chi connectivity index (χ1) is 33.8. The number of aromatic amines is 1. The number of phenolic OH excluding ortho intramolecular Hbond substituents is 1. The van der Waals surface area contributed by atoms with E-state index in [0.717, 1.165) is 58.7 Å². The van der Waals surface area contributed by atoms with E-state index >= 15 is 0 Å². The lowest BCUT2D eigenvalue weighted by molar-refractivity contribution is 0.156. The van der Waals surface area contributed by atoms with Gasteiger partial charge in [0, 0.05) is 54.9 Å². The van der Waals surface area contributed by atoms with E-state index in [1.807, 2.05) is 36.4 Å². The first-order valence-electron chi connectivity index (χ1n) is 24.0. The average Bonchev–Trinajstić information content (AvgIpc) is 3.81. The molecule has 5 N–H and O–H groups in total. The molecule has 5 atom stereocenters. The Balaban J connectivity index is 1.21. The van der Waals surface area contributed by atoms with Crippen LogP contribution >= 0.6 is 0 Å². The second-order valence-corrected chi connectivity index (χ2v) is 18.2. The fraction of sp³-hybridized carbons (Fsp3) is 0.293. The number of phenols is 1. The summed E-state index contributed by atoms with van der Waals surface area (Å²) in [5.41, 5.74) is 8.49. The van der Waals surface area contributed by atoms with Crippen molar-refractivity contribution in [3.05, 3.63) is 165 Å². The first-order valence-corrected chi connectivity index (χ1v) is 24.0. The molecule has 11 rings (SSSR count). The fourth-order valence-electron chi connectivity index (χ4n) is 9.95. The molecule has 69 heavy (non-hydrogen) atoms. The number of aromatic hydroxyl groups is 1. The van der Waals surface area contributed by atoms with Gasteiger partial charge >= 0.3 is 0 Å². The molecule has 0 radical (unpaired) electrons. The topological polar surface area (TPSA) is 150 Å². The zero-order valence-electron chi connectivity index (χ0n) is 38.9. The van der Waals surface area contributed by atoms with Crippen LogP contribution in [0.15, 0.2) is 131 Å². The second kappa shape index (κ2) is 20.2. The van der Waals surface area contributed by atoms with Crippen LogP contribution in [-0.4, -0.2) is 78.5 Å². The Bertz CT molecular complexity index is 3090. The van der Waals surface area contributed by atoms with E-state index in [1.54, 1.807) is 30.3 Å². The number of nitrogens with zero attached hydrogens (tertiary/aromatic N) is 1. The average molecular weight is 924 g/mol. The minimum absolute atomic E-state index is 0.0150. The monoisotopic (exact) mass is 923 g/mol. The number of aliphatic hydroxyl groups is 2. The molecule has 0 spiro atoms. The highest BCUT2D eigenvalue weighted by Crippen LogP contribution is 2.50. The fourth-order valence-corrected chi connectivity index (χ4v) is 9.95. The maximum absolute atomic E-state index is 14.9. The lowest BCUT2D eigenvalue weighted by atomic mass is 9.87. The number of aliphatic hydroxyl groups excluding tert-OH is 2. The van der Waals surface area contributed by atoms with E-state index in [4.69, 9.17) is 18.6 Å². The molecule has 0 aliphatic carbocycles. The van der Waals surface area contributed by atoms with Crippen LogP contribution in [-0.2, 0) is 25.7 Å². The molecule has 11 heteroatoms. The quantitative estimate of drug-likeness (QED) is 0.0843. The Morgan fingerprint density at radius 2 is 1.68 bits per heavy atom. The summed E-state index contributed by atoms with van der Waals surface area (Å²) in [6.45, 7) is 3.60. The molecule has 0 saturated carbocycles. The van der Waals surface area contributed by atoms with Gasteiger partial charge in [-0.2, -0.15) is 0 Å². The molecule has 352 valence electrons. The van der Waals surface area contributed by atoms with Gasteiger partial charge in [-0.15, -0.1) is 0 Å². The van der Waals surface area contributed by atoms with Crippen molar-refractivity contribution < 1.29 is 33.9 Å². The smallest absolute Gasteiger partial charge is 0.204 e. The summed E-state index contributed by atoms with van der Waals surface area (Å²) >= 11 is 0. The predicted molar refractivity (Wildman–Crippen MR) is 270 cm³/mol. The first kappa shape index (κ1) is 45.5. The second-order valence-electron chi connectivity index (χ2n) is 18.2. The Morgan fingerprint density at radius 3 is 2.45 bits per heavy atom. The van der Waals surface area contributed by atoms with E-state index in [9.17, 15) is 20.1 Å². The molecule has 6 heterocycles. The lowest BCUT2D eigenvalue weighted by Crippen LogP contribution is -2.58. The number of rotatable bonds is 10. The zero-order valence-corrected chi connectivity index (χ0v) is 38.9. The number of benzene rings is 5. The number of fused-ring (bicyclic) bond motifs is 11. The zero-order chi connectivity index (χ0) is 47.4. The van der Waals surface area contributed by atoms with Crippen molar-refractivity contribution in [2.24, 2.45) is 5.92 Å². The van der Waals surface area contributed by atoms with E-state index < -0.39 is 12.0 Å². The van der Waals surface area contributed by atoms with Gasteiger partial charge in [0.1, 0.15) is 22.7 Å². The molecule has 1 fully saturated rings. The molecule has 4 aliphatic rings. The van der Waals surface area contributed by atoms with Gasteiger partial charge in [0.15, 0.2) is 22.5 Å². The molecule has 5 aromatic carbocycles. The third-order valence-electron chi connectivity index (χ3n) is 13.6. The maximum Gasteiger partial charge on any atom is 0.204 e. The lowest BCUT2D eigenvalue weighted by Gasteiger charge is -2.42. The molecule has 1 saturated heterocycles. The Labute approximate surface area is 402 Å². The number of piperazine rings is 1. The van der Waals surface area contributed by atoms with Gasteiger partial charge in [-0.25, -0.2) is 0 Å². The molecule has 2 aromatic heterocycles. The van der Waals surface area contributed by atoms with Crippen molar-refractivity contribution in [1.82, 2.24) is 10.3 Å². The summed E-state index contributed by atoms with van der Waals surface area (Å²) in [4.78, 5) is 21.2. The standard InChI is InChI=1S/C58H57N3O8/c1-3-44-32-47-42-11-7-10-39(29-42)30-43-19-23-48-49(61(26-25-59-48)58(47)60-44)31-38-14-12-37(13-15-38)28-40(34-62)35-68-55-52(43)54-53(50(65)33-51(69-54)41-17-21-45(63)22-18-41)56(57(55)66-2)67-27-24-46(64)20-16-36-8-5-4-6-9-36/h4-18,20-22,29,32-33,40,43,46,48-49,59-60,62-64H,3,24-28,30-31,34-35H2,1-2H3. The van der Waals surface area contributed by atoms with Crippen molar-refractivity contribution >= 4 is 22.9 Å². The van der Waals surface area contributed by atoms with Gasteiger partial charge < -0.3 is 49.1 Å². The van der Waals surface area contributed by atoms with Gasteiger partial charge in [0.05, 0.1) is 50.0 Å². The predicted octanol–water partition coefficient (Wildman–Crippen LogP) is 8.85. The molecule has 4 aliphatic heterocycles. The highest BCUT2D eigenvalue weighted by atomic mass is 16.5. The highest BCUT2D eigenvalue weighted by molar-refractivity contribution is 5.94. The summed E-state index contributed by atoms with van der Waals surface area (Å²) < 4.78 is 26.9. The number of hydrogen-bond donors (Lipinski definition) is 5. The van der Waals surface area contributed by atoms with Crippen LogP contribution < -0.4 is 29.9 Å². The molecular formula is C58H57N3O8. The highest BCUT2D eigenvalue weighted by Gasteiger charge is 2.36. The summed E-state index contributed by atoms with van der Waals surface area (Å²) in [5.74, 6) is 8.57. The number of aryl methyl sites for hydroxylation is 1. The Hall–Kier alpha value is -7.23. The van der Waals surface area contributed by atoms with Crippen LogP contribution in [0.2, 0.25) is 0 Å². The number of aromatic nitrogens is 1. The van der Waals surface area contributed by atoms with Crippen LogP contribution in [0.1, 0.15) is 52.8 Å². The third kappa shape index (κ3) is 9.61. The SMILES string of the molecule is CCc1cc2c([nH]1)N1CCNC3C#CC(Cc4cccc-2c4)c2c(c(OC)c(OCCC(O)C=Cc4ccccc4)c4c(=O)cc(-c5ccc(O)cc5)oc24)OCC(CO)Cc2ccc(cc2)CC31. The minimum atomic E-state index is -0.854. The van der Waals surface area contributed by atoms with Gasteiger partial charge in [0.2, 0.25) is 5.75 Å².